The van der Waals surface area contributed by atoms with E-state index in [1.807, 2.05) is 12.1 Å². The number of halogens is 3. The zero-order valence-electron chi connectivity index (χ0n) is 15.4. The molecule has 1 aliphatic heterocycles. The molecule has 2 heterocycles. The van der Waals surface area contributed by atoms with Crippen LogP contribution in [0.3, 0.4) is 0 Å². The SMILES string of the molecule is COc1ccc(CCN2CCCN(c3ccc(C(F)(F)F)cn3)CC2)cc1. The van der Waals surface area contributed by atoms with E-state index in [4.69, 9.17) is 4.74 Å². The molecule has 7 heteroatoms. The molecule has 27 heavy (non-hydrogen) atoms. The number of pyridine rings is 1. The molecule has 0 bridgehead atoms. The molecule has 1 aliphatic rings. The fraction of sp³-hybridized carbons (Fsp3) is 0.450. The van der Waals surface area contributed by atoms with Crippen molar-refractivity contribution < 1.29 is 17.9 Å². The van der Waals surface area contributed by atoms with Crippen LogP contribution in [-0.4, -0.2) is 49.7 Å². The van der Waals surface area contributed by atoms with Crippen LogP contribution < -0.4 is 9.64 Å². The molecular formula is C20H24F3N3O. The summed E-state index contributed by atoms with van der Waals surface area (Å²) in [5, 5.41) is 0. The van der Waals surface area contributed by atoms with Gasteiger partial charge in [0, 0.05) is 32.4 Å². The maximum Gasteiger partial charge on any atom is 0.417 e. The molecule has 0 N–H and O–H groups in total. The van der Waals surface area contributed by atoms with Crippen molar-refractivity contribution in [3.8, 4) is 5.75 Å². The standard InChI is InChI=1S/C20H24F3N3O/c1-27-18-6-3-16(4-7-18)9-12-25-10-2-11-26(14-13-25)19-8-5-17(15-24-19)20(21,22)23/h3-8,15H,2,9-14H2,1H3. The van der Waals surface area contributed by atoms with Gasteiger partial charge in [0.15, 0.2) is 0 Å². The molecule has 2 aromatic rings. The van der Waals surface area contributed by atoms with E-state index in [1.54, 1.807) is 7.11 Å². The monoisotopic (exact) mass is 379 g/mol. The lowest BCUT2D eigenvalue weighted by atomic mass is 10.1. The maximum absolute atomic E-state index is 12.7. The summed E-state index contributed by atoms with van der Waals surface area (Å²) >= 11 is 0. The highest BCUT2D eigenvalue weighted by atomic mass is 19.4. The Hall–Kier alpha value is -2.28. The number of rotatable bonds is 5. The van der Waals surface area contributed by atoms with E-state index in [2.05, 4.69) is 26.9 Å². The summed E-state index contributed by atoms with van der Waals surface area (Å²) in [4.78, 5) is 8.48. The van der Waals surface area contributed by atoms with Crippen molar-refractivity contribution in [2.45, 2.75) is 19.0 Å². The van der Waals surface area contributed by atoms with Gasteiger partial charge in [-0.05, 0) is 49.2 Å². The van der Waals surface area contributed by atoms with E-state index in [9.17, 15) is 13.2 Å². The molecule has 1 fully saturated rings. The molecule has 146 valence electrons. The van der Waals surface area contributed by atoms with Crippen molar-refractivity contribution in [1.29, 1.82) is 0 Å². The van der Waals surface area contributed by atoms with Gasteiger partial charge in [-0.3, -0.25) is 0 Å². The van der Waals surface area contributed by atoms with E-state index in [-0.39, 0.29) is 0 Å². The Balaban J connectivity index is 1.52. The maximum atomic E-state index is 12.7. The fourth-order valence-electron chi connectivity index (χ4n) is 3.24. The van der Waals surface area contributed by atoms with Crippen molar-refractivity contribution in [2.24, 2.45) is 0 Å². The van der Waals surface area contributed by atoms with Gasteiger partial charge in [-0.15, -0.1) is 0 Å². The number of methoxy groups -OCH3 is 1. The van der Waals surface area contributed by atoms with Gasteiger partial charge < -0.3 is 14.5 Å². The lowest BCUT2D eigenvalue weighted by Crippen LogP contribution is -2.32. The number of anilines is 1. The zero-order valence-corrected chi connectivity index (χ0v) is 15.4. The molecular weight excluding hydrogens is 355 g/mol. The molecule has 0 radical (unpaired) electrons. The summed E-state index contributed by atoms with van der Waals surface area (Å²) in [6.07, 6.45) is -1.50. The highest BCUT2D eigenvalue weighted by molar-refractivity contribution is 5.40. The van der Waals surface area contributed by atoms with Crippen molar-refractivity contribution in [1.82, 2.24) is 9.88 Å². The summed E-state index contributed by atoms with van der Waals surface area (Å²) in [6, 6.07) is 10.7. The summed E-state index contributed by atoms with van der Waals surface area (Å²) in [5.41, 5.74) is 0.559. The molecule has 0 spiro atoms. The third kappa shape index (κ3) is 5.35. The van der Waals surface area contributed by atoms with Crippen LogP contribution in [0.1, 0.15) is 17.5 Å². The summed E-state index contributed by atoms with van der Waals surface area (Å²) in [5.74, 6) is 1.47. The van der Waals surface area contributed by atoms with Gasteiger partial charge in [-0.25, -0.2) is 4.98 Å². The van der Waals surface area contributed by atoms with Crippen LogP contribution in [0, 0.1) is 0 Å². The lowest BCUT2D eigenvalue weighted by molar-refractivity contribution is -0.137. The van der Waals surface area contributed by atoms with Crippen molar-refractivity contribution in [2.75, 3.05) is 44.7 Å². The largest absolute Gasteiger partial charge is 0.497 e. The molecule has 0 aliphatic carbocycles. The van der Waals surface area contributed by atoms with Crippen molar-refractivity contribution in [3.63, 3.8) is 0 Å². The van der Waals surface area contributed by atoms with E-state index in [0.717, 1.165) is 63.6 Å². The molecule has 0 saturated carbocycles. The Morgan fingerprint density at radius 2 is 1.78 bits per heavy atom. The van der Waals surface area contributed by atoms with Crippen LogP contribution in [0.4, 0.5) is 19.0 Å². The third-order valence-electron chi connectivity index (χ3n) is 4.86. The molecule has 1 aromatic heterocycles. The highest BCUT2D eigenvalue weighted by Crippen LogP contribution is 2.29. The van der Waals surface area contributed by atoms with Gasteiger partial charge in [0.1, 0.15) is 11.6 Å². The number of alkyl halides is 3. The average molecular weight is 379 g/mol. The van der Waals surface area contributed by atoms with E-state index >= 15 is 0 Å². The summed E-state index contributed by atoms with van der Waals surface area (Å²) in [7, 11) is 1.66. The Morgan fingerprint density at radius 3 is 2.41 bits per heavy atom. The predicted octanol–water partition coefficient (Wildman–Crippen LogP) is 3.86. The molecule has 1 aromatic carbocycles. The smallest absolute Gasteiger partial charge is 0.417 e. The fourth-order valence-corrected chi connectivity index (χ4v) is 3.24. The minimum Gasteiger partial charge on any atom is -0.497 e. The van der Waals surface area contributed by atoms with Gasteiger partial charge in [0.2, 0.25) is 0 Å². The molecule has 0 atom stereocenters. The predicted molar refractivity (Wildman–Crippen MR) is 99.2 cm³/mol. The normalized spacial score (nSPS) is 16.2. The molecule has 4 nitrogen and oxygen atoms in total. The van der Waals surface area contributed by atoms with Gasteiger partial charge in [0.05, 0.1) is 12.7 Å². The van der Waals surface area contributed by atoms with Crippen LogP contribution in [-0.2, 0) is 12.6 Å². The quantitative estimate of drug-likeness (QED) is 0.789. The number of aromatic nitrogens is 1. The molecule has 3 rings (SSSR count). The first kappa shape index (κ1) is 19.5. The Kier molecular flexibility index (Phi) is 6.21. The molecule has 1 saturated heterocycles. The van der Waals surface area contributed by atoms with Gasteiger partial charge in [-0.2, -0.15) is 13.2 Å². The molecule has 0 unspecified atom stereocenters. The number of nitrogens with zero attached hydrogens (tertiary/aromatic N) is 3. The van der Waals surface area contributed by atoms with Crippen LogP contribution in [0.15, 0.2) is 42.6 Å². The molecule has 0 amide bonds. The number of hydrogen-bond donors (Lipinski definition) is 0. The second kappa shape index (κ2) is 8.61. The number of ether oxygens (including phenoxy) is 1. The van der Waals surface area contributed by atoms with Gasteiger partial charge in [0.25, 0.3) is 0 Å². The zero-order chi connectivity index (χ0) is 19.3. The number of hydrogen-bond acceptors (Lipinski definition) is 4. The second-order valence-electron chi connectivity index (χ2n) is 6.68. The second-order valence-corrected chi connectivity index (χ2v) is 6.68. The first-order valence-corrected chi connectivity index (χ1v) is 9.09. The average Bonchev–Trinajstić information content (AvgIpc) is 2.92. The number of benzene rings is 1. The Morgan fingerprint density at radius 1 is 1.00 bits per heavy atom. The lowest BCUT2D eigenvalue weighted by Gasteiger charge is -2.23. The first-order chi connectivity index (χ1) is 13.0. The van der Waals surface area contributed by atoms with E-state index < -0.39 is 11.7 Å². The summed E-state index contributed by atoms with van der Waals surface area (Å²) < 4.78 is 43.2. The summed E-state index contributed by atoms with van der Waals surface area (Å²) in [6.45, 7) is 4.38. The minimum atomic E-state index is -4.34. The van der Waals surface area contributed by atoms with Crippen LogP contribution in [0.25, 0.3) is 0 Å². The van der Waals surface area contributed by atoms with Crippen molar-refractivity contribution in [3.05, 3.63) is 53.7 Å². The van der Waals surface area contributed by atoms with Crippen molar-refractivity contribution >= 4 is 5.82 Å². The topological polar surface area (TPSA) is 28.6 Å². The van der Waals surface area contributed by atoms with Crippen LogP contribution in [0.5, 0.6) is 5.75 Å². The Labute approximate surface area is 157 Å². The third-order valence-corrected chi connectivity index (χ3v) is 4.86. The first-order valence-electron chi connectivity index (χ1n) is 9.09. The van der Waals surface area contributed by atoms with E-state index in [0.29, 0.717) is 5.82 Å². The minimum absolute atomic E-state index is 0.611. The highest BCUT2D eigenvalue weighted by Gasteiger charge is 2.31. The van der Waals surface area contributed by atoms with E-state index in [1.165, 1.54) is 11.6 Å². The van der Waals surface area contributed by atoms with Gasteiger partial charge in [-0.1, -0.05) is 12.1 Å². The van der Waals surface area contributed by atoms with Crippen LogP contribution >= 0.6 is 0 Å². The Bertz CT molecular complexity index is 717. The van der Waals surface area contributed by atoms with Crippen LogP contribution in [0.2, 0.25) is 0 Å². The van der Waals surface area contributed by atoms with Gasteiger partial charge >= 0.3 is 6.18 Å².